The summed E-state index contributed by atoms with van der Waals surface area (Å²) in [7, 11) is 0. The normalized spacial score (nSPS) is 11.5. The number of halogens is 1. The van der Waals surface area contributed by atoms with Crippen molar-refractivity contribution in [2.75, 3.05) is 5.32 Å². The van der Waals surface area contributed by atoms with Crippen molar-refractivity contribution < 1.29 is 19.2 Å². The molecule has 136 valence electrons. The standard InChI is InChI=1S/C18H17ClN2O5/c1-3-12-4-6-13(7-5-12)18(23)26-11(2)17(22)20-16-9-8-14(21(24)25)10-15(16)19/h4-11H,3H2,1-2H3,(H,20,22). The summed E-state index contributed by atoms with van der Waals surface area (Å²) < 4.78 is 5.14. The summed E-state index contributed by atoms with van der Waals surface area (Å²) in [5, 5.41) is 13.2. The highest BCUT2D eigenvalue weighted by molar-refractivity contribution is 6.34. The van der Waals surface area contributed by atoms with E-state index >= 15 is 0 Å². The highest BCUT2D eigenvalue weighted by Gasteiger charge is 2.20. The predicted octanol–water partition coefficient (Wildman–Crippen LogP) is 3.99. The topological polar surface area (TPSA) is 98.5 Å². The molecule has 0 saturated carbocycles. The lowest BCUT2D eigenvalue weighted by molar-refractivity contribution is -0.384. The lowest BCUT2D eigenvalue weighted by Crippen LogP contribution is -2.30. The molecule has 1 unspecified atom stereocenters. The molecule has 2 aromatic carbocycles. The van der Waals surface area contributed by atoms with Crippen LogP contribution in [0.2, 0.25) is 5.02 Å². The number of nitro benzene ring substituents is 1. The van der Waals surface area contributed by atoms with E-state index in [4.69, 9.17) is 16.3 Å². The molecule has 0 aliphatic heterocycles. The summed E-state index contributed by atoms with van der Waals surface area (Å²) in [5.74, 6) is -1.22. The van der Waals surface area contributed by atoms with Crippen LogP contribution in [-0.4, -0.2) is 22.9 Å². The molecule has 0 spiro atoms. The van der Waals surface area contributed by atoms with E-state index in [2.05, 4.69) is 5.32 Å². The van der Waals surface area contributed by atoms with E-state index in [9.17, 15) is 19.7 Å². The highest BCUT2D eigenvalue weighted by atomic mass is 35.5. The number of nitrogens with zero attached hydrogens (tertiary/aromatic N) is 1. The molecule has 1 atom stereocenters. The number of amides is 1. The van der Waals surface area contributed by atoms with E-state index in [0.29, 0.717) is 5.56 Å². The van der Waals surface area contributed by atoms with E-state index in [1.165, 1.54) is 19.1 Å². The van der Waals surface area contributed by atoms with E-state index in [1.807, 2.05) is 19.1 Å². The second-order valence-electron chi connectivity index (χ2n) is 5.51. The first-order valence-corrected chi connectivity index (χ1v) is 8.24. The Morgan fingerprint density at radius 1 is 1.23 bits per heavy atom. The fraction of sp³-hybridized carbons (Fsp3) is 0.222. The molecule has 1 N–H and O–H groups in total. The summed E-state index contributed by atoms with van der Waals surface area (Å²) in [6, 6.07) is 10.6. The van der Waals surface area contributed by atoms with Crippen LogP contribution in [0.5, 0.6) is 0 Å². The third kappa shape index (κ3) is 4.80. The van der Waals surface area contributed by atoms with Gasteiger partial charge in [0.1, 0.15) is 0 Å². The minimum atomic E-state index is -1.07. The zero-order chi connectivity index (χ0) is 19.3. The van der Waals surface area contributed by atoms with Gasteiger partial charge in [0.25, 0.3) is 11.6 Å². The summed E-state index contributed by atoms with van der Waals surface area (Å²) >= 11 is 5.93. The summed E-state index contributed by atoms with van der Waals surface area (Å²) in [4.78, 5) is 34.4. The average molecular weight is 377 g/mol. The lowest BCUT2D eigenvalue weighted by Gasteiger charge is -2.14. The van der Waals surface area contributed by atoms with Crippen molar-refractivity contribution in [2.45, 2.75) is 26.4 Å². The van der Waals surface area contributed by atoms with Crippen LogP contribution in [0.15, 0.2) is 42.5 Å². The Morgan fingerprint density at radius 3 is 2.42 bits per heavy atom. The first-order valence-electron chi connectivity index (χ1n) is 7.86. The van der Waals surface area contributed by atoms with Crippen LogP contribution in [0.1, 0.15) is 29.8 Å². The molecule has 0 radical (unpaired) electrons. The molecule has 0 fully saturated rings. The molecule has 2 aromatic rings. The molecule has 0 aromatic heterocycles. The van der Waals surface area contributed by atoms with Crippen molar-refractivity contribution in [1.82, 2.24) is 0 Å². The maximum Gasteiger partial charge on any atom is 0.338 e. The quantitative estimate of drug-likeness (QED) is 0.466. The van der Waals surface area contributed by atoms with E-state index in [0.717, 1.165) is 18.1 Å². The van der Waals surface area contributed by atoms with Crippen molar-refractivity contribution >= 4 is 34.9 Å². The maximum atomic E-state index is 12.2. The molecule has 0 aliphatic rings. The van der Waals surface area contributed by atoms with Crippen LogP contribution >= 0.6 is 11.6 Å². The zero-order valence-corrected chi connectivity index (χ0v) is 14.9. The number of anilines is 1. The fourth-order valence-corrected chi connectivity index (χ4v) is 2.33. The van der Waals surface area contributed by atoms with Crippen molar-refractivity contribution in [3.8, 4) is 0 Å². The van der Waals surface area contributed by atoms with Gasteiger partial charge < -0.3 is 10.1 Å². The number of hydrogen-bond donors (Lipinski definition) is 1. The molecule has 26 heavy (non-hydrogen) atoms. The van der Waals surface area contributed by atoms with Crippen LogP contribution in [0.25, 0.3) is 0 Å². The monoisotopic (exact) mass is 376 g/mol. The molecule has 0 aliphatic carbocycles. The highest BCUT2D eigenvalue weighted by Crippen LogP contribution is 2.26. The molecule has 8 heteroatoms. The minimum absolute atomic E-state index is 0.0150. The molecule has 0 saturated heterocycles. The number of rotatable bonds is 6. The second-order valence-corrected chi connectivity index (χ2v) is 5.92. The molecule has 7 nitrogen and oxygen atoms in total. The van der Waals surface area contributed by atoms with Crippen LogP contribution < -0.4 is 5.32 Å². The molecular formula is C18H17ClN2O5. The Labute approximate surface area is 155 Å². The number of esters is 1. The fourth-order valence-electron chi connectivity index (χ4n) is 2.11. The summed E-state index contributed by atoms with van der Waals surface area (Å²) in [5.41, 5.74) is 1.43. The molecule has 1 amide bonds. The number of ether oxygens (including phenoxy) is 1. The van der Waals surface area contributed by atoms with Crippen LogP contribution in [-0.2, 0) is 16.0 Å². The van der Waals surface area contributed by atoms with Gasteiger partial charge in [0.05, 0.1) is 21.2 Å². The van der Waals surface area contributed by atoms with Crippen molar-refractivity contribution in [2.24, 2.45) is 0 Å². The third-order valence-electron chi connectivity index (χ3n) is 3.67. The smallest absolute Gasteiger partial charge is 0.338 e. The number of non-ortho nitro benzene ring substituents is 1. The van der Waals surface area contributed by atoms with Gasteiger partial charge in [-0.2, -0.15) is 0 Å². The Hall–Kier alpha value is -2.93. The lowest BCUT2D eigenvalue weighted by atomic mass is 10.1. The van der Waals surface area contributed by atoms with Crippen molar-refractivity contribution in [3.63, 3.8) is 0 Å². The van der Waals surface area contributed by atoms with Gasteiger partial charge in [-0.05, 0) is 37.1 Å². The Kier molecular flexibility index (Phi) is 6.30. The van der Waals surface area contributed by atoms with Gasteiger partial charge in [-0.25, -0.2) is 4.79 Å². The third-order valence-corrected chi connectivity index (χ3v) is 3.98. The van der Waals surface area contributed by atoms with Gasteiger partial charge in [0.2, 0.25) is 0 Å². The molecule has 0 bridgehead atoms. The average Bonchev–Trinajstić information content (AvgIpc) is 2.63. The molecule has 2 rings (SSSR count). The minimum Gasteiger partial charge on any atom is -0.449 e. The molecular weight excluding hydrogens is 360 g/mol. The zero-order valence-electron chi connectivity index (χ0n) is 14.2. The molecule has 0 heterocycles. The second kappa shape index (κ2) is 8.44. The number of carbonyl (C=O) groups is 2. The first kappa shape index (κ1) is 19.4. The van der Waals surface area contributed by atoms with Gasteiger partial charge in [-0.3, -0.25) is 14.9 Å². The van der Waals surface area contributed by atoms with Crippen molar-refractivity contribution in [3.05, 3.63) is 68.7 Å². The number of hydrogen-bond acceptors (Lipinski definition) is 5. The van der Waals surface area contributed by atoms with Gasteiger partial charge in [-0.1, -0.05) is 30.7 Å². The van der Waals surface area contributed by atoms with Gasteiger partial charge in [-0.15, -0.1) is 0 Å². The number of aryl methyl sites for hydroxylation is 1. The Balaban J connectivity index is 2.00. The van der Waals surface area contributed by atoms with Crippen LogP contribution in [0.4, 0.5) is 11.4 Å². The van der Waals surface area contributed by atoms with Gasteiger partial charge in [0.15, 0.2) is 6.10 Å². The number of nitrogens with one attached hydrogen (secondary N) is 1. The number of carbonyl (C=O) groups excluding carboxylic acids is 2. The summed E-state index contributed by atoms with van der Waals surface area (Å²) in [6.07, 6.45) is -0.218. The van der Waals surface area contributed by atoms with E-state index in [1.54, 1.807) is 12.1 Å². The number of nitro groups is 1. The maximum absolute atomic E-state index is 12.2. The van der Waals surface area contributed by atoms with E-state index < -0.39 is 22.9 Å². The van der Waals surface area contributed by atoms with Gasteiger partial charge >= 0.3 is 5.97 Å². The Bertz CT molecular complexity index is 836. The predicted molar refractivity (Wildman–Crippen MR) is 97.4 cm³/mol. The van der Waals surface area contributed by atoms with Gasteiger partial charge in [0, 0.05) is 12.1 Å². The summed E-state index contributed by atoms with van der Waals surface area (Å²) in [6.45, 7) is 3.43. The number of benzene rings is 2. The van der Waals surface area contributed by atoms with Crippen LogP contribution in [0.3, 0.4) is 0 Å². The van der Waals surface area contributed by atoms with Crippen LogP contribution in [0, 0.1) is 10.1 Å². The van der Waals surface area contributed by atoms with Crippen molar-refractivity contribution in [1.29, 1.82) is 0 Å². The SMILES string of the molecule is CCc1ccc(C(=O)OC(C)C(=O)Nc2ccc([N+](=O)[O-])cc2Cl)cc1. The first-order chi connectivity index (χ1) is 12.3. The largest absolute Gasteiger partial charge is 0.449 e. The Morgan fingerprint density at radius 2 is 1.88 bits per heavy atom. The van der Waals surface area contributed by atoms with E-state index in [-0.39, 0.29) is 16.4 Å².